The van der Waals surface area contributed by atoms with Crippen LogP contribution in [-0.2, 0) is 14.2 Å². The van der Waals surface area contributed by atoms with Crippen LogP contribution < -0.4 is 10.6 Å². The normalized spacial score (nSPS) is 14.5. The van der Waals surface area contributed by atoms with Gasteiger partial charge in [0.15, 0.2) is 11.5 Å². The first-order chi connectivity index (χ1) is 17.8. The van der Waals surface area contributed by atoms with Crippen LogP contribution >= 0.6 is 0 Å². The second kappa shape index (κ2) is 8.98. The highest BCUT2D eigenvalue weighted by molar-refractivity contribution is 6.16. The maximum absolute atomic E-state index is 13.5. The monoisotopic (exact) mass is 521 g/mol. The lowest BCUT2D eigenvalue weighted by molar-refractivity contribution is -0.0215. The van der Waals surface area contributed by atoms with Crippen LogP contribution in [0.3, 0.4) is 0 Å². The van der Waals surface area contributed by atoms with Gasteiger partial charge in [0, 0.05) is 24.2 Å². The van der Waals surface area contributed by atoms with Gasteiger partial charge in [0.05, 0.1) is 36.0 Å². The zero-order valence-corrected chi connectivity index (χ0v) is 22.3. The van der Waals surface area contributed by atoms with E-state index in [4.69, 9.17) is 19.9 Å². The largest absolute Gasteiger partial charge is 0.443 e. The van der Waals surface area contributed by atoms with E-state index in [-0.39, 0.29) is 11.9 Å². The lowest BCUT2D eigenvalue weighted by Gasteiger charge is -2.29. The molecule has 38 heavy (non-hydrogen) atoms. The highest BCUT2D eigenvalue weighted by Crippen LogP contribution is 2.39. The summed E-state index contributed by atoms with van der Waals surface area (Å²) in [5.41, 5.74) is 7.42. The molecule has 0 aliphatic carbocycles. The van der Waals surface area contributed by atoms with Gasteiger partial charge >= 0.3 is 12.2 Å². The summed E-state index contributed by atoms with van der Waals surface area (Å²) in [6.07, 6.45) is 4.85. The number of hydrogen-bond acceptors (Lipinski definition) is 9. The number of pyridine rings is 1. The Hall–Kier alpha value is -4.19. The standard InChI is InChI=1S/C26H31N7O5/c1-25(2,3)37-23(34)33(24(35)38-26(4,5)6)22-19-16(18-8-7-17(27)20-28-9-10-31(18)20)11-32(15-12-36-13-15)21(19)29-14-30-22/h7-11,14-15H,12-13,27H2,1-6H3. The van der Waals surface area contributed by atoms with Gasteiger partial charge in [-0.05, 0) is 53.7 Å². The SMILES string of the molecule is CC(C)(C)OC(=O)N(C(=O)OC(C)(C)C)c1ncnc2c1c(-c1ccc(N)c3nccn13)cn2C1COC1. The first-order valence-corrected chi connectivity index (χ1v) is 12.3. The van der Waals surface area contributed by atoms with Crippen molar-refractivity contribution >= 4 is 40.4 Å². The van der Waals surface area contributed by atoms with Crippen molar-refractivity contribution in [3.05, 3.63) is 37.1 Å². The molecular weight excluding hydrogens is 490 g/mol. The number of aromatic nitrogens is 5. The Morgan fingerprint density at radius 3 is 2.24 bits per heavy atom. The summed E-state index contributed by atoms with van der Waals surface area (Å²) >= 11 is 0. The fraction of sp³-hybridized carbons (Fsp3) is 0.423. The Morgan fingerprint density at radius 1 is 1.00 bits per heavy atom. The highest BCUT2D eigenvalue weighted by atomic mass is 16.6. The number of nitrogens with two attached hydrogens (primary N) is 1. The van der Waals surface area contributed by atoms with Crippen molar-refractivity contribution in [2.45, 2.75) is 58.8 Å². The average Bonchev–Trinajstić information content (AvgIpc) is 3.38. The van der Waals surface area contributed by atoms with Crippen molar-refractivity contribution in [3.8, 4) is 11.3 Å². The lowest BCUT2D eigenvalue weighted by atomic mass is 10.1. The number of imide groups is 1. The van der Waals surface area contributed by atoms with Crippen LogP contribution in [0.1, 0.15) is 47.6 Å². The zero-order valence-electron chi connectivity index (χ0n) is 22.3. The Kier molecular flexibility index (Phi) is 6.02. The number of carbonyl (C=O) groups is 2. The van der Waals surface area contributed by atoms with Gasteiger partial charge < -0.3 is 24.5 Å². The number of nitrogens with zero attached hydrogens (tertiary/aromatic N) is 6. The first kappa shape index (κ1) is 25.5. The van der Waals surface area contributed by atoms with E-state index in [2.05, 4.69) is 15.0 Å². The highest BCUT2D eigenvalue weighted by Gasteiger charge is 2.37. The molecule has 12 nitrogen and oxygen atoms in total. The van der Waals surface area contributed by atoms with E-state index in [1.165, 1.54) is 6.33 Å². The minimum absolute atomic E-state index is 0.0255. The van der Waals surface area contributed by atoms with Gasteiger partial charge in [-0.15, -0.1) is 0 Å². The van der Waals surface area contributed by atoms with Crippen molar-refractivity contribution in [3.63, 3.8) is 0 Å². The molecule has 200 valence electrons. The molecule has 0 unspecified atom stereocenters. The second-order valence-corrected chi connectivity index (χ2v) is 11.1. The molecule has 0 radical (unpaired) electrons. The molecule has 0 atom stereocenters. The van der Waals surface area contributed by atoms with Crippen molar-refractivity contribution in [2.24, 2.45) is 0 Å². The molecule has 12 heteroatoms. The molecule has 0 bridgehead atoms. The summed E-state index contributed by atoms with van der Waals surface area (Å²) < 4.78 is 20.5. The molecule has 5 heterocycles. The van der Waals surface area contributed by atoms with Crippen molar-refractivity contribution < 1.29 is 23.8 Å². The summed E-state index contributed by atoms with van der Waals surface area (Å²) in [7, 11) is 0. The van der Waals surface area contributed by atoms with Crippen molar-refractivity contribution in [1.82, 2.24) is 23.9 Å². The number of carbonyl (C=O) groups excluding carboxylic acids is 2. The number of imidazole rings is 1. The molecule has 1 fully saturated rings. The fourth-order valence-corrected chi connectivity index (χ4v) is 4.21. The maximum atomic E-state index is 13.5. The van der Waals surface area contributed by atoms with Crippen LogP contribution in [-0.4, -0.2) is 60.5 Å². The van der Waals surface area contributed by atoms with Crippen molar-refractivity contribution in [1.29, 1.82) is 0 Å². The average molecular weight is 522 g/mol. The van der Waals surface area contributed by atoms with Crippen LogP contribution in [0.25, 0.3) is 27.9 Å². The van der Waals surface area contributed by atoms with Crippen LogP contribution in [0.5, 0.6) is 0 Å². The molecular formula is C26H31N7O5. The third kappa shape index (κ3) is 4.62. The number of hydrogen-bond donors (Lipinski definition) is 1. The third-order valence-corrected chi connectivity index (χ3v) is 5.82. The third-order valence-electron chi connectivity index (χ3n) is 5.82. The van der Waals surface area contributed by atoms with Crippen LogP contribution in [0, 0.1) is 0 Å². The van der Waals surface area contributed by atoms with E-state index in [9.17, 15) is 9.59 Å². The molecule has 4 aromatic rings. The number of anilines is 2. The molecule has 1 saturated heterocycles. The number of ether oxygens (including phenoxy) is 3. The van der Waals surface area contributed by atoms with E-state index in [1.54, 1.807) is 60.0 Å². The molecule has 2 amide bonds. The lowest BCUT2D eigenvalue weighted by Crippen LogP contribution is -2.44. The van der Waals surface area contributed by atoms with Crippen molar-refractivity contribution in [2.75, 3.05) is 23.8 Å². The predicted molar refractivity (Wildman–Crippen MR) is 141 cm³/mol. The molecule has 4 aromatic heterocycles. The van der Waals surface area contributed by atoms with Crippen LogP contribution in [0.4, 0.5) is 21.1 Å². The summed E-state index contributed by atoms with van der Waals surface area (Å²) in [4.78, 5) is 41.1. The van der Waals surface area contributed by atoms with Gasteiger partial charge in [0.1, 0.15) is 23.2 Å². The summed E-state index contributed by atoms with van der Waals surface area (Å²) in [6, 6.07) is 3.64. The molecule has 2 N–H and O–H groups in total. The first-order valence-electron chi connectivity index (χ1n) is 12.3. The fourth-order valence-electron chi connectivity index (χ4n) is 4.21. The summed E-state index contributed by atoms with van der Waals surface area (Å²) in [6.45, 7) is 11.3. The van der Waals surface area contributed by atoms with Gasteiger partial charge in [-0.3, -0.25) is 4.40 Å². The quantitative estimate of drug-likeness (QED) is 0.410. The summed E-state index contributed by atoms with van der Waals surface area (Å²) in [5, 5.41) is 0.468. The maximum Gasteiger partial charge on any atom is 0.425 e. The minimum atomic E-state index is -0.914. The number of rotatable bonds is 3. The van der Waals surface area contributed by atoms with Gasteiger partial charge in [0.25, 0.3) is 0 Å². The topological polar surface area (TPSA) is 139 Å². The number of amides is 2. The molecule has 0 saturated carbocycles. The van der Waals surface area contributed by atoms with E-state index < -0.39 is 23.4 Å². The van der Waals surface area contributed by atoms with E-state index >= 15 is 0 Å². The molecule has 1 aliphatic rings. The van der Waals surface area contributed by atoms with E-state index in [0.717, 1.165) is 10.6 Å². The Balaban J connectivity index is 1.78. The van der Waals surface area contributed by atoms with E-state index in [1.807, 2.05) is 21.2 Å². The molecule has 5 rings (SSSR count). The van der Waals surface area contributed by atoms with Gasteiger partial charge in [-0.2, -0.15) is 4.90 Å². The van der Waals surface area contributed by atoms with Gasteiger partial charge in [-0.1, -0.05) is 0 Å². The number of nitrogen functional groups attached to an aromatic ring is 1. The molecule has 0 spiro atoms. The Labute approximate surface area is 219 Å². The zero-order chi connectivity index (χ0) is 27.4. The van der Waals surface area contributed by atoms with Crippen LogP contribution in [0.15, 0.2) is 37.1 Å². The predicted octanol–water partition coefficient (Wildman–Crippen LogP) is 4.58. The number of fused-ring (bicyclic) bond motifs is 2. The molecule has 0 aromatic carbocycles. The smallest absolute Gasteiger partial charge is 0.425 e. The van der Waals surface area contributed by atoms with Gasteiger partial charge in [-0.25, -0.2) is 24.5 Å². The second-order valence-electron chi connectivity index (χ2n) is 11.1. The summed E-state index contributed by atoms with van der Waals surface area (Å²) in [5.74, 6) is 0.0394. The Bertz CT molecular complexity index is 1510. The van der Waals surface area contributed by atoms with Gasteiger partial charge in [0.2, 0.25) is 0 Å². The Morgan fingerprint density at radius 2 is 1.66 bits per heavy atom. The van der Waals surface area contributed by atoms with E-state index in [0.29, 0.717) is 41.1 Å². The molecule has 1 aliphatic heterocycles. The van der Waals surface area contributed by atoms with Crippen LogP contribution in [0.2, 0.25) is 0 Å². The minimum Gasteiger partial charge on any atom is -0.443 e.